The fraction of sp³-hybridized carbons (Fsp3) is 0.348. The lowest BCUT2D eigenvalue weighted by atomic mass is 9.96. The van der Waals surface area contributed by atoms with E-state index in [-0.39, 0.29) is 11.8 Å². The summed E-state index contributed by atoms with van der Waals surface area (Å²) < 4.78 is 16.0. The van der Waals surface area contributed by atoms with Crippen LogP contribution in [-0.4, -0.2) is 48.3 Å². The van der Waals surface area contributed by atoms with Crippen molar-refractivity contribution in [1.29, 1.82) is 0 Å². The van der Waals surface area contributed by atoms with Crippen molar-refractivity contribution in [2.75, 3.05) is 32.6 Å². The average molecular weight is 457 g/mol. The second-order valence-corrected chi connectivity index (χ2v) is 8.00. The Bertz CT molecular complexity index is 1080. The van der Waals surface area contributed by atoms with Crippen LogP contribution in [0.1, 0.15) is 18.7 Å². The molecule has 1 N–H and O–H groups in total. The van der Waals surface area contributed by atoms with E-state index in [1.165, 1.54) is 0 Å². The van der Waals surface area contributed by atoms with E-state index in [0.29, 0.717) is 40.5 Å². The smallest absolute Gasteiger partial charge is 0.241 e. The minimum Gasteiger partial charge on any atom is -0.497 e. The molecule has 0 saturated carbocycles. The van der Waals surface area contributed by atoms with Gasteiger partial charge in [0.25, 0.3) is 0 Å². The first kappa shape index (κ1) is 22.1. The summed E-state index contributed by atoms with van der Waals surface area (Å²) in [5, 5.41) is 7.62. The first-order valence-electron chi connectivity index (χ1n) is 10.4. The highest BCUT2D eigenvalue weighted by Gasteiger charge is 2.27. The van der Waals surface area contributed by atoms with Gasteiger partial charge < -0.3 is 19.3 Å². The predicted octanol–water partition coefficient (Wildman–Crippen LogP) is 4.26. The fourth-order valence-electron chi connectivity index (χ4n) is 3.75. The van der Waals surface area contributed by atoms with Crippen molar-refractivity contribution in [3.63, 3.8) is 0 Å². The molecule has 3 aromatic rings. The molecule has 2 aromatic carbocycles. The van der Waals surface area contributed by atoms with Crippen LogP contribution in [0.15, 0.2) is 47.0 Å². The maximum absolute atomic E-state index is 12.8. The summed E-state index contributed by atoms with van der Waals surface area (Å²) in [5.41, 5.74) is 1.38. The first-order chi connectivity index (χ1) is 15.6. The lowest BCUT2D eigenvalue weighted by molar-refractivity contribution is -0.121. The standard InChI is InChI=1S/C23H25ClN4O4/c1-30-16-7-8-19(20(13-16)31-2)25-23(29)15-9-11-28(12-10-15)14-21-26-22(27-32-21)17-5-3-4-6-18(17)24/h3-8,13,15H,9-12,14H2,1-2H3,(H,25,29). The summed E-state index contributed by atoms with van der Waals surface area (Å²) in [4.78, 5) is 19.5. The largest absolute Gasteiger partial charge is 0.497 e. The summed E-state index contributed by atoms with van der Waals surface area (Å²) in [6, 6.07) is 12.7. The Morgan fingerprint density at radius 3 is 2.69 bits per heavy atom. The van der Waals surface area contributed by atoms with Gasteiger partial charge >= 0.3 is 0 Å². The second-order valence-electron chi connectivity index (χ2n) is 7.60. The number of methoxy groups -OCH3 is 2. The van der Waals surface area contributed by atoms with Crippen molar-refractivity contribution >= 4 is 23.2 Å². The molecule has 0 spiro atoms. The van der Waals surface area contributed by atoms with Crippen molar-refractivity contribution in [3.8, 4) is 22.9 Å². The number of ether oxygens (including phenoxy) is 2. The van der Waals surface area contributed by atoms with Crippen LogP contribution >= 0.6 is 11.6 Å². The van der Waals surface area contributed by atoms with Crippen LogP contribution < -0.4 is 14.8 Å². The monoisotopic (exact) mass is 456 g/mol. The van der Waals surface area contributed by atoms with Crippen molar-refractivity contribution in [1.82, 2.24) is 15.0 Å². The minimum absolute atomic E-state index is 0.00749. The minimum atomic E-state index is -0.0700. The van der Waals surface area contributed by atoms with Crippen LogP contribution in [0.2, 0.25) is 5.02 Å². The summed E-state index contributed by atoms with van der Waals surface area (Å²) >= 11 is 6.21. The zero-order valence-electron chi connectivity index (χ0n) is 18.0. The molecule has 0 unspecified atom stereocenters. The Hall–Kier alpha value is -3.10. The average Bonchev–Trinajstić information content (AvgIpc) is 3.28. The van der Waals surface area contributed by atoms with Gasteiger partial charge in [-0.1, -0.05) is 28.9 Å². The molecule has 168 valence electrons. The number of aromatic nitrogens is 2. The number of carbonyl (C=O) groups is 1. The number of carbonyl (C=O) groups excluding carboxylic acids is 1. The number of anilines is 1. The molecular weight excluding hydrogens is 432 g/mol. The third kappa shape index (κ3) is 5.03. The first-order valence-corrected chi connectivity index (χ1v) is 10.8. The molecule has 1 saturated heterocycles. The van der Waals surface area contributed by atoms with Gasteiger partial charge in [-0.05, 0) is 50.2 Å². The zero-order chi connectivity index (χ0) is 22.5. The summed E-state index contributed by atoms with van der Waals surface area (Å²) in [7, 11) is 3.16. The van der Waals surface area contributed by atoms with Gasteiger partial charge in [0.05, 0.1) is 31.5 Å². The van der Waals surface area contributed by atoms with Crippen LogP contribution in [0.4, 0.5) is 5.69 Å². The molecule has 0 aliphatic carbocycles. The number of benzene rings is 2. The quantitative estimate of drug-likeness (QED) is 0.568. The number of nitrogens with one attached hydrogen (secondary N) is 1. The van der Waals surface area contributed by atoms with E-state index in [1.54, 1.807) is 38.5 Å². The van der Waals surface area contributed by atoms with Gasteiger partial charge in [0.15, 0.2) is 0 Å². The van der Waals surface area contributed by atoms with Crippen LogP contribution in [0.3, 0.4) is 0 Å². The van der Waals surface area contributed by atoms with Crippen LogP contribution in [0, 0.1) is 5.92 Å². The fourth-order valence-corrected chi connectivity index (χ4v) is 3.97. The molecule has 1 fully saturated rings. The summed E-state index contributed by atoms with van der Waals surface area (Å²) in [6.07, 6.45) is 1.49. The SMILES string of the molecule is COc1ccc(NC(=O)C2CCN(Cc3nc(-c4ccccc4Cl)no3)CC2)c(OC)c1. The molecule has 1 aromatic heterocycles. The van der Waals surface area contributed by atoms with Crippen molar-refractivity contribution < 1.29 is 18.8 Å². The number of likely N-dealkylation sites (tertiary alicyclic amines) is 1. The van der Waals surface area contributed by atoms with E-state index in [1.807, 2.05) is 18.2 Å². The van der Waals surface area contributed by atoms with Gasteiger partial charge in [-0.15, -0.1) is 0 Å². The van der Waals surface area contributed by atoms with E-state index in [2.05, 4.69) is 20.4 Å². The number of amides is 1. The zero-order valence-corrected chi connectivity index (χ0v) is 18.8. The topological polar surface area (TPSA) is 89.7 Å². The molecule has 1 amide bonds. The van der Waals surface area contributed by atoms with Crippen molar-refractivity contribution in [2.24, 2.45) is 5.92 Å². The summed E-state index contributed by atoms with van der Waals surface area (Å²) in [5.74, 6) is 2.18. The lowest BCUT2D eigenvalue weighted by Gasteiger charge is -2.30. The van der Waals surface area contributed by atoms with E-state index in [9.17, 15) is 4.79 Å². The number of hydrogen-bond acceptors (Lipinski definition) is 7. The van der Waals surface area contributed by atoms with E-state index in [0.717, 1.165) is 31.5 Å². The molecule has 0 bridgehead atoms. The Labute approximate surface area is 191 Å². The molecule has 4 rings (SSSR count). The Balaban J connectivity index is 1.31. The lowest BCUT2D eigenvalue weighted by Crippen LogP contribution is -2.37. The van der Waals surface area contributed by atoms with Gasteiger partial charge in [0.2, 0.25) is 17.6 Å². The van der Waals surface area contributed by atoms with E-state index >= 15 is 0 Å². The maximum atomic E-state index is 12.8. The molecule has 0 radical (unpaired) electrons. The van der Waals surface area contributed by atoms with E-state index in [4.69, 9.17) is 25.6 Å². The summed E-state index contributed by atoms with van der Waals surface area (Å²) in [6.45, 7) is 2.07. The van der Waals surface area contributed by atoms with Crippen LogP contribution in [0.25, 0.3) is 11.4 Å². The number of halogens is 1. The third-order valence-electron chi connectivity index (χ3n) is 5.57. The van der Waals surface area contributed by atoms with Gasteiger partial charge in [-0.2, -0.15) is 4.98 Å². The number of piperidine rings is 1. The number of hydrogen-bond donors (Lipinski definition) is 1. The van der Waals surface area contributed by atoms with Crippen LogP contribution in [-0.2, 0) is 11.3 Å². The van der Waals surface area contributed by atoms with E-state index < -0.39 is 0 Å². The van der Waals surface area contributed by atoms with Crippen molar-refractivity contribution in [2.45, 2.75) is 19.4 Å². The highest BCUT2D eigenvalue weighted by atomic mass is 35.5. The second kappa shape index (κ2) is 10.0. The molecule has 8 nitrogen and oxygen atoms in total. The molecule has 9 heteroatoms. The Kier molecular flexibility index (Phi) is 6.92. The van der Waals surface area contributed by atoms with Gasteiger partial charge in [-0.3, -0.25) is 9.69 Å². The molecular formula is C23H25ClN4O4. The molecule has 0 atom stereocenters. The Morgan fingerprint density at radius 2 is 1.97 bits per heavy atom. The molecule has 2 heterocycles. The number of nitrogens with zero attached hydrogens (tertiary/aromatic N) is 3. The molecule has 1 aliphatic heterocycles. The predicted molar refractivity (Wildman–Crippen MR) is 121 cm³/mol. The highest BCUT2D eigenvalue weighted by Crippen LogP contribution is 2.30. The molecule has 32 heavy (non-hydrogen) atoms. The van der Waals surface area contributed by atoms with Gasteiger partial charge in [0.1, 0.15) is 11.5 Å². The highest BCUT2D eigenvalue weighted by molar-refractivity contribution is 6.33. The maximum Gasteiger partial charge on any atom is 0.241 e. The van der Waals surface area contributed by atoms with Crippen LogP contribution in [0.5, 0.6) is 11.5 Å². The van der Waals surface area contributed by atoms with Gasteiger partial charge in [-0.25, -0.2) is 0 Å². The third-order valence-corrected chi connectivity index (χ3v) is 5.90. The molecule has 1 aliphatic rings. The van der Waals surface area contributed by atoms with Gasteiger partial charge in [0, 0.05) is 17.5 Å². The normalized spacial score (nSPS) is 14.8. The Morgan fingerprint density at radius 1 is 1.19 bits per heavy atom. The number of rotatable bonds is 7. The van der Waals surface area contributed by atoms with Crippen molar-refractivity contribution in [3.05, 3.63) is 53.4 Å².